The number of benzene rings is 7. The molecule has 0 bridgehead atoms. The molecule has 1 saturated carbocycles. The highest BCUT2D eigenvalue weighted by atomic mass is 32.1. The summed E-state index contributed by atoms with van der Waals surface area (Å²) in [5.74, 6) is 0.196. The Morgan fingerprint density at radius 3 is 1.89 bits per heavy atom. The summed E-state index contributed by atoms with van der Waals surface area (Å²) in [5, 5.41) is 1.02. The van der Waals surface area contributed by atoms with Crippen molar-refractivity contribution in [2.45, 2.75) is 129 Å². The molecule has 6 heteroatoms. The van der Waals surface area contributed by atoms with Crippen LogP contribution in [0.5, 0.6) is 0 Å². The van der Waals surface area contributed by atoms with E-state index in [1.807, 2.05) is 6.07 Å². The zero-order valence-corrected chi connectivity index (χ0v) is 44.3. The van der Waals surface area contributed by atoms with E-state index in [1.54, 1.807) is 11.3 Å². The van der Waals surface area contributed by atoms with Gasteiger partial charge in [-0.25, -0.2) is 0 Å². The van der Waals surface area contributed by atoms with E-state index in [-0.39, 0.29) is 61.4 Å². The number of fused-ring (bicyclic) bond motifs is 10. The molecule has 1 aliphatic carbocycles. The van der Waals surface area contributed by atoms with Gasteiger partial charge in [0.05, 0.1) is 26.5 Å². The van der Waals surface area contributed by atoms with Crippen LogP contribution in [0.15, 0.2) is 156 Å². The van der Waals surface area contributed by atoms with Crippen LogP contribution in [0.25, 0.3) is 32.2 Å². The molecule has 4 nitrogen and oxygen atoms in total. The molecular weight excluding hydrogens is 894 g/mol. The van der Waals surface area contributed by atoms with Crippen molar-refractivity contribution in [1.82, 2.24) is 0 Å². The van der Waals surface area contributed by atoms with Crippen molar-refractivity contribution in [3.8, 4) is 11.3 Å². The molecule has 7 aromatic carbocycles. The largest absolute Gasteiger partial charge is 0.468 e. The maximum absolute atomic E-state index is 9.61. The maximum atomic E-state index is 9.61. The summed E-state index contributed by atoms with van der Waals surface area (Å²) in [4.78, 5) is 7.47. The number of nitrogens with zero attached hydrogens (tertiary/aromatic N) is 3. The molecule has 360 valence electrons. The lowest BCUT2D eigenvalue weighted by Gasteiger charge is -2.51. The number of para-hydroxylation sites is 1. The third kappa shape index (κ3) is 6.56. The Bertz CT molecular complexity index is 4060. The lowest BCUT2D eigenvalue weighted by atomic mass is 9.38. The van der Waals surface area contributed by atoms with Crippen molar-refractivity contribution < 1.29 is 14.0 Å². The second-order valence-corrected chi connectivity index (χ2v) is 25.5. The fourth-order valence-corrected chi connectivity index (χ4v) is 14.1. The van der Waals surface area contributed by atoms with Gasteiger partial charge < -0.3 is 19.1 Å². The van der Waals surface area contributed by atoms with Crippen LogP contribution in [0.1, 0.15) is 134 Å². The van der Waals surface area contributed by atoms with Crippen LogP contribution in [0, 0.1) is 0 Å². The lowest BCUT2D eigenvalue weighted by Crippen LogP contribution is -2.60. The normalized spacial score (nSPS) is 20.7. The first kappa shape index (κ1) is 38.2. The van der Waals surface area contributed by atoms with Gasteiger partial charge in [0, 0.05) is 66.0 Å². The van der Waals surface area contributed by atoms with Crippen LogP contribution in [0.4, 0.5) is 45.5 Å². The monoisotopic (exact) mass is 967 g/mol. The van der Waals surface area contributed by atoms with Crippen LogP contribution >= 0.6 is 11.3 Å². The molecule has 72 heavy (non-hydrogen) atoms. The predicted molar refractivity (Wildman–Crippen MR) is 310 cm³/mol. The van der Waals surface area contributed by atoms with Gasteiger partial charge in [-0.1, -0.05) is 173 Å². The number of hydrogen-bond acceptors (Lipinski definition) is 5. The summed E-state index contributed by atoms with van der Waals surface area (Å²) >= 11 is 1.76. The smallest absolute Gasteiger partial charge is 0.309 e. The maximum Gasteiger partial charge on any atom is 0.309 e. The van der Waals surface area contributed by atoms with Gasteiger partial charge in [-0.15, -0.1) is 11.3 Å². The topological polar surface area (TPSA) is 22.9 Å². The SMILES string of the molecule is [2H]c1c([2H])c([2H])c2c(-c3cc4c(o3)B3c5sc6ccc(C(C)(C)C)cc6c5N(c5ccc(C(C)(C)C)cc5)c5cc(N6c7ccccc7C7(C)CCCCC67C)cc(c53)N4c3ccc(C(C)(C)C)cc3)c([2H])c([2H])c([2H])c2c1[2H]. The number of furan rings is 1. The number of thiophene rings is 1. The Labute approximate surface area is 441 Å². The van der Waals surface area contributed by atoms with E-state index in [9.17, 15) is 2.74 Å². The van der Waals surface area contributed by atoms with Crippen molar-refractivity contribution in [3.63, 3.8) is 0 Å². The van der Waals surface area contributed by atoms with E-state index in [2.05, 4.69) is 194 Å². The lowest BCUT2D eigenvalue weighted by molar-refractivity contribution is 0.195. The zero-order valence-electron chi connectivity index (χ0n) is 50.5. The third-order valence-electron chi connectivity index (χ3n) is 17.0. The third-order valence-corrected chi connectivity index (χ3v) is 18.2. The van der Waals surface area contributed by atoms with Crippen molar-refractivity contribution in [2.24, 2.45) is 0 Å². The molecule has 0 radical (unpaired) electrons. The van der Waals surface area contributed by atoms with Gasteiger partial charge >= 0.3 is 6.71 Å². The molecule has 3 aliphatic heterocycles. The average Bonchev–Trinajstić information content (AvgIpc) is 2.88. The van der Waals surface area contributed by atoms with Crippen LogP contribution in [0.3, 0.4) is 0 Å². The summed E-state index contributed by atoms with van der Waals surface area (Å²) < 4.78 is 73.4. The van der Waals surface area contributed by atoms with E-state index in [0.717, 1.165) is 85.8 Å². The van der Waals surface area contributed by atoms with E-state index in [1.165, 1.54) is 27.9 Å². The fourth-order valence-electron chi connectivity index (χ4n) is 12.8. The minimum Gasteiger partial charge on any atom is -0.468 e. The van der Waals surface area contributed by atoms with Gasteiger partial charge in [-0.05, 0) is 129 Å². The standard InChI is InChI=1S/C66H66BN3OS/c1-62(2,3)42-25-30-45(31-26-42)68-53-38-47(70-52-24-15-14-23-51(52)65(10)35-16-17-36-66(65,70)11)39-54-58(53)67(60-55(68)40-56(71-60)49-22-18-20-41-19-12-13-21-48(41)49)61-59(50-37-44(64(7,8)9)29-34-57(50)72-61)69(54)46-32-27-43(28-33-46)63(4,5)6/h12-15,18-34,37-40H,16-17,35-36H2,1-11H3/i12D,13D,18D,19D,20D,21D,22D. The van der Waals surface area contributed by atoms with Gasteiger partial charge in [0.15, 0.2) is 0 Å². The first-order valence-corrected chi connectivity index (χ1v) is 26.7. The number of rotatable bonds is 4. The summed E-state index contributed by atoms with van der Waals surface area (Å²) in [6.45, 7) is 24.7. The molecule has 13 rings (SSSR count). The van der Waals surface area contributed by atoms with Crippen LogP contribution in [0.2, 0.25) is 0 Å². The van der Waals surface area contributed by atoms with Crippen LogP contribution < -0.4 is 30.6 Å². The molecular formula is C66H66BN3OS. The highest BCUT2D eigenvalue weighted by Crippen LogP contribution is 2.62. The van der Waals surface area contributed by atoms with E-state index in [4.69, 9.17) is 11.3 Å². The molecule has 0 N–H and O–H groups in total. The van der Waals surface area contributed by atoms with Gasteiger partial charge in [0.25, 0.3) is 0 Å². The number of anilines is 8. The summed E-state index contributed by atoms with van der Waals surface area (Å²) in [6.07, 6.45) is 4.39. The first-order chi connectivity index (χ1) is 37.2. The zero-order chi connectivity index (χ0) is 55.9. The molecule has 0 saturated heterocycles. The van der Waals surface area contributed by atoms with E-state index >= 15 is 0 Å². The Morgan fingerprint density at radius 2 is 1.19 bits per heavy atom. The Kier molecular flexibility index (Phi) is 8.22. The second kappa shape index (κ2) is 15.5. The molecule has 0 spiro atoms. The van der Waals surface area contributed by atoms with Crippen molar-refractivity contribution >= 4 is 100 Å². The van der Waals surface area contributed by atoms with Gasteiger partial charge in [0.2, 0.25) is 0 Å². The van der Waals surface area contributed by atoms with Gasteiger partial charge in [-0.3, -0.25) is 0 Å². The van der Waals surface area contributed by atoms with E-state index in [0.29, 0.717) is 5.66 Å². The Morgan fingerprint density at radius 1 is 0.583 bits per heavy atom. The minimum atomic E-state index is -0.494. The van der Waals surface area contributed by atoms with Crippen molar-refractivity contribution in [2.75, 3.05) is 14.7 Å². The molecule has 9 aromatic rings. The van der Waals surface area contributed by atoms with E-state index < -0.39 is 36.9 Å². The molecule has 2 atom stereocenters. The highest BCUT2D eigenvalue weighted by molar-refractivity contribution is 7.33. The fraction of sp³-hybridized carbons (Fsp3) is 0.303. The summed E-state index contributed by atoms with van der Waals surface area (Å²) in [6, 6.07) is 37.6. The molecule has 2 aromatic heterocycles. The molecule has 0 amide bonds. The van der Waals surface area contributed by atoms with Gasteiger partial charge in [-0.2, -0.15) is 0 Å². The van der Waals surface area contributed by atoms with Crippen LogP contribution in [-0.4, -0.2) is 12.3 Å². The van der Waals surface area contributed by atoms with Gasteiger partial charge in [0.1, 0.15) is 11.4 Å². The van der Waals surface area contributed by atoms with Crippen molar-refractivity contribution in [1.29, 1.82) is 0 Å². The van der Waals surface area contributed by atoms with Crippen molar-refractivity contribution in [3.05, 3.63) is 174 Å². The highest BCUT2D eigenvalue weighted by Gasteiger charge is 2.58. The first-order valence-electron chi connectivity index (χ1n) is 29.3. The molecule has 4 aliphatic rings. The Hall–Kier alpha value is -6.50. The molecule has 5 heterocycles. The minimum absolute atomic E-state index is 0.00748. The summed E-state index contributed by atoms with van der Waals surface area (Å²) in [7, 11) is 0. The summed E-state index contributed by atoms with van der Waals surface area (Å²) in [5.41, 5.74) is 14.0. The Balaban J connectivity index is 1.19. The average molecular weight is 967 g/mol. The predicted octanol–water partition coefficient (Wildman–Crippen LogP) is 17.0. The molecule has 1 fully saturated rings. The quantitative estimate of drug-likeness (QED) is 0.164. The number of hydrogen-bond donors (Lipinski definition) is 0. The second-order valence-electron chi connectivity index (χ2n) is 24.4. The van der Waals surface area contributed by atoms with Crippen LogP contribution in [-0.2, 0) is 21.7 Å². The molecule has 2 unspecified atom stereocenters.